The number of hydrogen-bond donors (Lipinski definition) is 2. The summed E-state index contributed by atoms with van der Waals surface area (Å²) in [4.78, 5) is 12.5. The van der Waals surface area contributed by atoms with Crippen LogP contribution in [-0.2, 0) is 0 Å². The van der Waals surface area contributed by atoms with Gasteiger partial charge in [-0.1, -0.05) is 37.3 Å². The highest BCUT2D eigenvalue weighted by Crippen LogP contribution is 2.25. The Labute approximate surface area is 144 Å². The van der Waals surface area contributed by atoms with Gasteiger partial charge in [-0.2, -0.15) is 0 Å². The Morgan fingerprint density at radius 3 is 2.50 bits per heavy atom. The van der Waals surface area contributed by atoms with Crippen LogP contribution in [0, 0.1) is 19.8 Å². The number of nitrogens with zero attached hydrogens (tertiary/aromatic N) is 1. The summed E-state index contributed by atoms with van der Waals surface area (Å²) in [6.45, 7) is 8.95. The van der Waals surface area contributed by atoms with Crippen molar-refractivity contribution in [2.75, 3.05) is 13.2 Å². The van der Waals surface area contributed by atoms with Crippen molar-refractivity contribution in [2.24, 2.45) is 5.92 Å². The van der Waals surface area contributed by atoms with Crippen LogP contribution >= 0.6 is 0 Å². The molecule has 2 rings (SSSR count). The van der Waals surface area contributed by atoms with E-state index in [2.05, 4.69) is 28.9 Å². The molecule has 0 spiro atoms. The van der Waals surface area contributed by atoms with E-state index in [9.17, 15) is 4.79 Å². The van der Waals surface area contributed by atoms with E-state index in [4.69, 9.17) is 5.11 Å². The Bertz CT molecular complexity index is 676. The number of aryl methyl sites for hydroxylation is 1. The van der Waals surface area contributed by atoms with Crippen molar-refractivity contribution in [3.05, 3.63) is 58.9 Å². The van der Waals surface area contributed by atoms with Crippen molar-refractivity contribution in [3.63, 3.8) is 0 Å². The van der Waals surface area contributed by atoms with Crippen LogP contribution in [0.1, 0.15) is 53.6 Å². The van der Waals surface area contributed by atoms with E-state index in [1.54, 1.807) is 0 Å². The van der Waals surface area contributed by atoms with Gasteiger partial charge in [0.1, 0.15) is 0 Å². The number of amides is 1. The van der Waals surface area contributed by atoms with Crippen molar-refractivity contribution in [1.82, 2.24) is 9.88 Å². The predicted octanol–water partition coefficient (Wildman–Crippen LogP) is 3.46. The first-order valence-electron chi connectivity index (χ1n) is 8.58. The summed E-state index contributed by atoms with van der Waals surface area (Å²) >= 11 is 0. The van der Waals surface area contributed by atoms with Crippen LogP contribution in [0.5, 0.6) is 0 Å². The molecule has 0 radical (unpaired) electrons. The molecule has 2 atom stereocenters. The van der Waals surface area contributed by atoms with E-state index in [1.807, 2.05) is 45.0 Å². The molecule has 130 valence electrons. The Morgan fingerprint density at radius 2 is 1.88 bits per heavy atom. The average molecular weight is 328 g/mol. The van der Waals surface area contributed by atoms with Crippen LogP contribution in [0.4, 0.5) is 0 Å². The lowest BCUT2D eigenvalue weighted by Crippen LogP contribution is -2.29. The topological polar surface area (TPSA) is 54.3 Å². The largest absolute Gasteiger partial charge is 0.396 e. The summed E-state index contributed by atoms with van der Waals surface area (Å²) < 4.78 is 2.21. The molecule has 4 heteroatoms. The number of aliphatic hydroxyl groups is 1. The minimum Gasteiger partial charge on any atom is -0.396 e. The summed E-state index contributed by atoms with van der Waals surface area (Å²) in [5.74, 6) is 0.227. The van der Waals surface area contributed by atoms with Crippen LogP contribution in [0.25, 0.3) is 0 Å². The van der Waals surface area contributed by atoms with Crippen molar-refractivity contribution in [1.29, 1.82) is 0 Å². The second-order valence-corrected chi connectivity index (χ2v) is 6.57. The third-order valence-electron chi connectivity index (χ3n) is 4.63. The van der Waals surface area contributed by atoms with Gasteiger partial charge in [-0.25, -0.2) is 0 Å². The van der Waals surface area contributed by atoms with E-state index < -0.39 is 0 Å². The molecule has 0 aliphatic carbocycles. The molecule has 1 amide bonds. The Morgan fingerprint density at radius 1 is 1.21 bits per heavy atom. The minimum absolute atomic E-state index is 0.0422. The summed E-state index contributed by atoms with van der Waals surface area (Å²) in [6, 6.07) is 12.5. The number of nitrogens with one attached hydrogen (secondary N) is 1. The number of benzene rings is 1. The maximum atomic E-state index is 12.5. The molecule has 1 aromatic heterocycles. The highest BCUT2D eigenvalue weighted by molar-refractivity contribution is 5.95. The number of carbonyl (C=O) groups excluding carboxylic acids is 1. The molecule has 0 fully saturated rings. The minimum atomic E-state index is -0.0422. The molecule has 0 bridgehead atoms. The maximum Gasteiger partial charge on any atom is 0.253 e. The first kappa shape index (κ1) is 18.3. The SMILES string of the molecule is Cc1cc(C(=O)NCC(C)CCO)c(C)n1C(C)c1ccccc1. The van der Waals surface area contributed by atoms with Gasteiger partial charge in [0.2, 0.25) is 0 Å². The Kier molecular flexibility index (Phi) is 6.21. The van der Waals surface area contributed by atoms with Gasteiger partial charge in [0.15, 0.2) is 0 Å². The van der Waals surface area contributed by atoms with Crippen molar-refractivity contribution in [3.8, 4) is 0 Å². The Hall–Kier alpha value is -2.07. The molecular formula is C20H28N2O2. The van der Waals surface area contributed by atoms with E-state index in [0.29, 0.717) is 13.0 Å². The van der Waals surface area contributed by atoms with Crippen molar-refractivity contribution < 1.29 is 9.90 Å². The van der Waals surface area contributed by atoms with Crippen LogP contribution in [-0.4, -0.2) is 28.7 Å². The number of aliphatic hydroxyl groups excluding tert-OH is 1. The molecule has 0 saturated carbocycles. The zero-order chi connectivity index (χ0) is 17.7. The van der Waals surface area contributed by atoms with Gasteiger partial charge in [-0.15, -0.1) is 0 Å². The van der Waals surface area contributed by atoms with E-state index in [0.717, 1.165) is 17.0 Å². The van der Waals surface area contributed by atoms with Gasteiger partial charge < -0.3 is 15.0 Å². The lowest BCUT2D eigenvalue weighted by atomic mass is 10.1. The Balaban J connectivity index is 2.18. The van der Waals surface area contributed by atoms with Gasteiger partial charge >= 0.3 is 0 Å². The maximum absolute atomic E-state index is 12.5. The molecule has 0 aliphatic rings. The van der Waals surface area contributed by atoms with Gasteiger partial charge in [-0.05, 0) is 44.7 Å². The van der Waals surface area contributed by atoms with Gasteiger partial charge in [0.05, 0.1) is 11.6 Å². The van der Waals surface area contributed by atoms with E-state index >= 15 is 0 Å². The van der Waals surface area contributed by atoms with Gasteiger partial charge in [0, 0.05) is 24.5 Å². The van der Waals surface area contributed by atoms with Gasteiger partial charge in [0.25, 0.3) is 5.91 Å². The van der Waals surface area contributed by atoms with E-state index in [-0.39, 0.29) is 24.5 Å². The molecule has 2 unspecified atom stereocenters. The molecule has 24 heavy (non-hydrogen) atoms. The fourth-order valence-corrected chi connectivity index (χ4v) is 3.17. The van der Waals surface area contributed by atoms with Crippen LogP contribution in [0.3, 0.4) is 0 Å². The highest BCUT2D eigenvalue weighted by Gasteiger charge is 2.19. The second-order valence-electron chi connectivity index (χ2n) is 6.57. The molecule has 0 aliphatic heterocycles. The van der Waals surface area contributed by atoms with Crippen LogP contribution in [0.2, 0.25) is 0 Å². The van der Waals surface area contributed by atoms with E-state index in [1.165, 1.54) is 5.56 Å². The standard InChI is InChI=1S/C20H28N2O2/c1-14(10-11-23)13-21-20(24)19-12-15(2)22(17(19)4)16(3)18-8-6-5-7-9-18/h5-9,12,14,16,23H,10-11,13H2,1-4H3,(H,21,24). The molecular weight excluding hydrogens is 300 g/mol. The second kappa shape index (κ2) is 8.15. The quantitative estimate of drug-likeness (QED) is 0.818. The fraction of sp³-hybridized carbons (Fsp3) is 0.450. The smallest absolute Gasteiger partial charge is 0.253 e. The summed E-state index contributed by atoms with van der Waals surface area (Å²) in [6.07, 6.45) is 0.699. The molecule has 2 aromatic rings. The zero-order valence-corrected chi connectivity index (χ0v) is 15.0. The van der Waals surface area contributed by atoms with Crippen LogP contribution < -0.4 is 5.32 Å². The first-order chi connectivity index (χ1) is 11.5. The number of hydrogen-bond acceptors (Lipinski definition) is 2. The summed E-state index contributed by atoms with van der Waals surface area (Å²) in [5, 5.41) is 11.9. The lowest BCUT2D eigenvalue weighted by molar-refractivity contribution is 0.0944. The average Bonchev–Trinajstić information content (AvgIpc) is 2.88. The van der Waals surface area contributed by atoms with Crippen molar-refractivity contribution >= 4 is 5.91 Å². The normalized spacial score (nSPS) is 13.5. The highest BCUT2D eigenvalue weighted by atomic mass is 16.3. The summed E-state index contributed by atoms with van der Waals surface area (Å²) in [7, 11) is 0. The first-order valence-corrected chi connectivity index (χ1v) is 8.58. The number of carbonyl (C=O) groups is 1. The lowest BCUT2D eigenvalue weighted by Gasteiger charge is -2.19. The predicted molar refractivity (Wildman–Crippen MR) is 97.4 cm³/mol. The zero-order valence-electron chi connectivity index (χ0n) is 15.0. The van der Waals surface area contributed by atoms with Gasteiger partial charge in [-0.3, -0.25) is 4.79 Å². The molecule has 2 N–H and O–H groups in total. The van der Waals surface area contributed by atoms with Crippen molar-refractivity contribution in [2.45, 2.75) is 40.2 Å². The monoisotopic (exact) mass is 328 g/mol. The molecule has 1 aromatic carbocycles. The molecule has 4 nitrogen and oxygen atoms in total. The summed E-state index contributed by atoms with van der Waals surface area (Å²) in [5.41, 5.74) is 4.02. The third kappa shape index (κ3) is 4.06. The van der Waals surface area contributed by atoms with Crippen LogP contribution in [0.15, 0.2) is 36.4 Å². The number of rotatable bonds is 7. The fourth-order valence-electron chi connectivity index (χ4n) is 3.17. The third-order valence-corrected chi connectivity index (χ3v) is 4.63. The molecule has 1 heterocycles. The molecule has 0 saturated heterocycles. The number of aromatic nitrogens is 1.